The molecule has 0 spiro atoms. The Kier molecular flexibility index (Phi) is 5.32. The summed E-state index contributed by atoms with van der Waals surface area (Å²) in [5.41, 5.74) is 3.50. The van der Waals surface area contributed by atoms with E-state index in [2.05, 4.69) is 52.7 Å². The van der Waals surface area contributed by atoms with E-state index in [0.717, 1.165) is 25.4 Å². The fraction of sp³-hybridized carbons (Fsp3) is 0.538. The molecule has 0 atom stereocenters. The highest BCUT2D eigenvalue weighted by atomic mass is 32.2. The van der Waals surface area contributed by atoms with Crippen LogP contribution in [0.25, 0.3) is 0 Å². The molecule has 1 aliphatic rings. The topological polar surface area (TPSA) is 18.5 Å². The average Bonchev–Trinajstić information content (AvgIpc) is 2.38. The van der Waals surface area contributed by atoms with Gasteiger partial charge in [-0.05, 0) is 19.2 Å². The second kappa shape index (κ2) is 7.01. The second-order valence-corrected chi connectivity index (χ2v) is 5.53. The predicted molar refractivity (Wildman–Crippen MR) is 74.2 cm³/mol. The van der Waals surface area contributed by atoms with E-state index < -0.39 is 0 Å². The highest BCUT2D eigenvalue weighted by Gasteiger charge is 2.12. The molecule has 0 unspecified atom stereocenters. The molecule has 1 aliphatic heterocycles. The summed E-state index contributed by atoms with van der Waals surface area (Å²) in [7, 11) is 2.18. The number of piperazine rings is 1. The number of hydrazine groups is 1. The van der Waals surface area contributed by atoms with Crippen molar-refractivity contribution in [1.29, 1.82) is 0 Å². The minimum atomic E-state index is 1.04. The number of thioether (sulfide) groups is 1. The van der Waals surface area contributed by atoms with Gasteiger partial charge < -0.3 is 4.90 Å². The third-order valence-corrected chi connectivity index (χ3v) is 3.97. The van der Waals surface area contributed by atoms with Crippen molar-refractivity contribution in [3.63, 3.8) is 0 Å². The zero-order valence-electron chi connectivity index (χ0n) is 10.4. The van der Waals surface area contributed by atoms with Gasteiger partial charge in [-0.1, -0.05) is 18.2 Å². The molecule has 4 heteroatoms. The first-order valence-electron chi connectivity index (χ1n) is 6.19. The molecule has 1 fully saturated rings. The van der Waals surface area contributed by atoms with Crippen molar-refractivity contribution in [2.45, 2.75) is 4.90 Å². The minimum Gasteiger partial charge on any atom is -0.304 e. The molecular formula is C13H21N3S. The molecule has 1 aromatic carbocycles. The predicted octanol–water partition coefficient (Wildman–Crippen LogP) is 1.53. The monoisotopic (exact) mass is 251 g/mol. The van der Waals surface area contributed by atoms with Gasteiger partial charge in [0.1, 0.15) is 0 Å². The van der Waals surface area contributed by atoms with Gasteiger partial charge in [-0.2, -0.15) is 0 Å². The molecule has 17 heavy (non-hydrogen) atoms. The molecule has 94 valence electrons. The summed E-state index contributed by atoms with van der Waals surface area (Å²) in [6.07, 6.45) is 0. The van der Waals surface area contributed by atoms with Crippen LogP contribution in [-0.2, 0) is 0 Å². The summed E-state index contributed by atoms with van der Waals surface area (Å²) in [5, 5.41) is 2.34. The molecular weight excluding hydrogens is 230 g/mol. The third-order valence-electron chi connectivity index (χ3n) is 2.95. The minimum absolute atomic E-state index is 1.04. The molecule has 2 rings (SSSR count). The fourth-order valence-electron chi connectivity index (χ4n) is 1.85. The van der Waals surface area contributed by atoms with Gasteiger partial charge in [-0.25, -0.2) is 5.01 Å². The smallest absolute Gasteiger partial charge is 0.0259 e. The summed E-state index contributed by atoms with van der Waals surface area (Å²) < 4.78 is 0. The molecule has 1 aromatic rings. The first kappa shape index (κ1) is 12.9. The van der Waals surface area contributed by atoms with E-state index in [1.54, 1.807) is 0 Å². The Hall–Kier alpha value is -0.550. The summed E-state index contributed by atoms with van der Waals surface area (Å²) >= 11 is 1.91. The zero-order valence-corrected chi connectivity index (χ0v) is 11.2. The lowest BCUT2D eigenvalue weighted by Crippen LogP contribution is -2.51. The van der Waals surface area contributed by atoms with Crippen molar-refractivity contribution in [3.05, 3.63) is 30.3 Å². The van der Waals surface area contributed by atoms with Crippen LogP contribution in [0.5, 0.6) is 0 Å². The molecule has 0 bridgehead atoms. The lowest BCUT2D eigenvalue weighted by Gasteiger charge is -2.32. The van der Waals surface area contributed by atoms with Crippen molar-refractivity contribution in [2.75, 3.05) is 45.5 Å². The Balaban J connectivity index is 1.57. The van der Waals surface area contributed by atoms with Crippen molar-refractivity contribution in [3.8, 4) is 0 Å². The Bertz CT molecular complexity index is 310. The highest BCUT2D eigenvalue weighted by Crippen LogP contribution is 2.15. The molecule has 0 aromatic heterocycles. The normalized spacial score (nSPS) is 18.4. The van der Waals surface area contributed by atoms with Crippen LogP contribution in [0.1, 0.15) is 0 Å². The zero-order chi connectivity index (χ0) is 11.9. The number of rotatable bonds is 5. The number of nitrogens with one attached hydrogen (secondary N) is 1. The first-order valence-corrected chi connectivity index (χ1v) is 7.18. The van der Waals surface area contributed by atoms with Crippen LogP contribution in [0.3, 0.4) is 0 Å². The molecule has 1 heterocycles. The van der Waals surface area contributed by atoms with E-state index >= 15 is 0 Å². The number of hydrogen-bond donors (Lipinski definition) is 1. The SMILES string of the molecule is CN1CCN(NCCSc2ccccc2)CC1. The Morgan fingerprint density at radius 3 is 2.53 bits per heavy atom. The molecule has 0 aliphatic carbocycles. The van der Waals surface area contributed by atoms with E-state index in [9.17, 15) is 0 Å². The molecule has 1 saturated heterocycles. The van der Waals surface area contributed by atoms with E-state index in [1.807, 2.05) is 11.8 Å². The number of nitrogens with zero attached hydrogens (tertiary/aromatic N) is 2. The lowest BCUT2D eigenvalue weighted by atomic mass is 10.4. The maximum atomic E-state index is 3.50. The van der Waals surface area contributed by atoms with Crippen LogP contribution in [0.15, 0.2) is 35.2 Å². The Labute approximate surface area is 108 Å². The summed E-state index contributed by atoms with van der Waals surface area (Å²) in [6.45, 7) is 5.64. The molecule has 3 nitrogen and oxygen atoms in total. The van der Waals surface area contributed by atoms with Crippen LogP contribution < -0.4 is 5.43 Å². The van der Waals surface area contributed by atoms with Crippen LogP contribution in [0.4, 0.5) is 0 Å². The summed E-state index contributed by atoms with van der Waals surface area (Å²) in [6, 6.07) is 10.6. The molecule has 0 saturated carbocycles. The maximum Gasteiger partial charge on any atom is 0.0259 e. The third kappa shape index (κ3) is 4.68. The van der Waals surface area contributed by atoms with Crippen LogP contribution in [0.2, 0.25) is 0 Å². The summed E-state index contributed by atoms with van der Waals surface area (Å²) in [4.78, 5) is 3.73. The quantitative estimate of drug-likeness (QED) is 0.631. The van der Waals surface area contributed by atoms with E-state index in [0.29, 0.717) is 0 Å². The van der Waals surface area contributed by atoms with E-state index in [4.69, 9.17) is 0 Å². The van der Waals surface area contributed by atoms with Crippen molar-refractivity contribution in [2.24, 2.45) is 0 Å². The Morgan fingerprint density at radius 1 is 1.12 bits per heavy atom. The van der Waals surface area contributed by atoms with Crippen LogP contribution in [0, 0.1) is 0 Å². The second-order valence-electron chi connectivity index (χ2n) is 4.36. The van der Waals surface area contributed by atoms with Gasteiger partial charge in [0, 0.05) is 43.4 Å². The van der Waals surface area contributed by atoms with Gasteiger partial charge in [-0.15, -0.1) is 11.8 Å². The van der Waals surface area contributed by atoms with Gasteiger partial charge >= 0.3 is 0 Å². The lowest BCUT2D eigenvalue weighted by molar-refractivity contribution is 0.108. The van der Waals surface area contributed by atoms with Gasteiger partial charge in [0.15, 0.2) is 0 Å². The van der Waals surface area contributed by atoms with Crippen molar-refractivity contribution >= 4 is 11.8 Å². The maximum absolute atomic E-state index is 3.50. The van der Waals surface area contributed by atoms with Gasteiger partial charge in [0.25, 0.3) is 0 Å². The van der Waals surface area contributed by atoms with Gasteiger partial charge in [0.05, 0.1) is 0 Å². The van der Waals surface area contributed by atoms with Gasteiger partial charge in [-0.3, -0.25) is 5.43 Å². The van der Waals surface area contributed by atoms with Crippen LogP contribution >= 0.6 is 11.8 Å². The average molecular weight is 251 g/mol. The molecule has 1 N–H and O–H groups in total. The van der Waals surface area contributed by atoms with Gasteiger partial charge in [0.2, 0.25) is 0 Å². The molecule has 0 amide bonds. The highest BCUT2D eigenvalue weighted by molar-refractivity contribution is 7.99. The van der Waals surface area contributed by atoms with E-state index in [1.165, 1.54) is 18.0 Å². The van der Waals surface area contributed by atoms with Crippen molar-refractivity contribution < 1.29 is 0 Å². The standard InChI is InChI=1S/C13H21N3S/c1-15-8-10-16(11-9-15)14-7-12-17-13-5-3-2-4-6-13/h2-6,14H,7-12H2,1H3. The summed E-state index contributed by atoms with van der Waals surface area (Å²) in [5.74, 6) is 1.12. The Morgan fingerprint density at radius 2 is 1.82 bits per heavy atom. The fourth-order valence-corrected chi connectivity index (χ4v) is 2.63. The number of benzene rings is 1. The number of hydrogen-bond acceptors (Lipinski definition) is 4. The van der Waals surface area contributed by atoms with Crippen LogP contribution in [-0.4, -0.2) is 55.4 Å². The number of likely N-dealkylation sites (N-methyl/N-ethyl adjacent to an activating group) is 1. The largest absolute Gasteiger partial charge is 0.304 e. The molecule has 0 radical (unpaired) electrons. The van der Waals surface area contributed by atoms with E-state index in [-0.39, 0.29) is 0 Å². The first-order chi connectivity index (χ1) is 8.34. The van der Waals surface area contributed by atoms with Crippen molar-refractivity contribution in [1.82, 2.24) is 15.3 Å².